The SMILES string of the molecule is Cc1cc(C)c2c(C3CCCC3)cc(-c3cc4ccccc4c4cc(C)sc34)nc2c1. The normalized spacial score (nSPS) is 14.9. The quantitative estimate of drug-likeness (QED) is 0.277. The molecule has 0 radical (unpaired) electrons. The molecule has 1 nitrogen and oxygen atoms in total. The number of aromatic nitrogens is 1. The molecule has 1 saturated carbocycles. The first kappa shape index (κ1) is 19.0. The lowest BCUT2D eigenvalue weighted by Crippen LogP contribution is -2.00. The number of benzene rings is 3. The minimum atomic E-state index is 0.659. The highest BCUT2D eigenvalue weighted by Gasteiger charge is 2.23. The minimum absolute atomic E-state index is 0.659. The van der Waals surface area contributed by atoms with E-state index in [4.69, 9.17) is 4.98 Å². The van der Waals surface area contributed by atoms with Gasteiger partial charge >= 0.3 is 0 Å². The molecule has 0 unspecified atom stereocenters. The van der Waals surface area contributed by atoms with Crippen LogP contribution in [0.25, 0.3) is 43.0 Å². The third-order valence-electron chi connectivity index (χ3n) is 7.00. The van der Waals surface area contributed by atoms with Crippen molar-refractivity contribution in [1.29, 1.82) is 0 Å². The van der Waals surface area contributed by atoms with Crippen LogP contribution < -0.4 is 0 Å². The fourth-order valence-electron chi connectivity index (χ4n) is 5.68. The molecule has 1 fully saturated rings. The van der Waals surface area contributed by atoms with Gasteiger partial charge in [-0.2, -0.15) is 0 Å². The third-order valence-corrected chi connectivity index (χ3v) is 8.09. The van der Waals surface area contributed by atoms with E-state index in [1.165, 1.54) is 79.1 Å². The van der Waals surface area contributed by atoms with E-state index in [0.717, 1.165) is 11.2 Å². The zero-order valence-corrected chi connectivity index (χ0v) is 19.3. The van der Waals surface area contributed by atoms with Crippen molar-refractivity contribution in [2.75, 3.05) is 0 Å². The van der Waals surface area contributed by atoms with Crippen molar-refractivity contribution in [3.8, 4) is 11.3 Å². The predicted molar refractivity (Wildman–Crippen MR) is 135 cm³/mol. The largest absolute Gasteiger partial charge is 0.248 e. The van der Waals surface area contributed by atoms with Gasteiger partial charge < -0.3 is 0 Å². The number of hydrogen-bond acceptors (Lipinski definition) is 2. The summed E-state index contributed by atoms with van der Waals surface area (Å²) in [7, 11) is 0. The molecular formula is C29H27NS. The lowest BCUT2D eigenvalue weighted by atomic mass is 9.89. The summed E-state index contributed by atoms with van der Waals surface area (Å²) in [5.74, 6) is 0.659. The zero-order chi connectivity index (χ0) is 21.1. The third kappa shape index (κ3) is 3.08. The molecule has 0 atom stereocenters. The monoisotopic (exact) mass is 421 g/mol. The Bertz CT molecular complexity index is 1470. The number of rotatable bonds is 2. The van der Waals surface area contributed by atoms with Gasteiger partial charge in [-0.3, -0.25) is 0 Å². The fraction of sp³-hybridized carbons (Fsp3) is 0.276. The second-order valence-electron chi connectivity index (χ2n) is 9.30. The highest BCUT2D eigenvalue weighted by molar-refractivity contribution is 7.19. The van der Waals surface area contributed by atoms with Crippen molar-refractivity contribution >= 4 is 43.1 Å². The van der Waals surface area contributed by atoms with Crippen molar-refractivity contribution in [2.24, 2.45) is 0 Å². The fourth-order valence-corrected chi connectivity index (χ4v) is 6.73. The van der Waals surface area contributed by atoms with Gasteiger partial charge in [-0.25, -0.2) is 4.98 Å². The molecule has 1 aliphatic rings. The van der Waals surface area contributed by atoms with Gasteiger partial charge in [0.2, 0.25) is 0 Å². The summed E-state index contributed by atoms with van der Waals surface area (Å²) >= 11 is 1.90. The maximum absolute atomic E-state index is 5.27. The average Bonchev–Trinajstić information content (AvgIpc) is 3.41. The number of aryl methyl sites for hydroxylation is 3. The molecule has 0 spiro atoms. The molecular weight excluding hydrogens is 394 g/mol. The molecule has 2 aromatic heterocycles. The van der Waals surface area contributed by atoms with Gasteiger partial charge in [0.15, 0.2) is 0 Å². The summed E-state index contributed by atoms with van der Waals surface area (Å²) in [5, 5.41) is 5.39. The van der Waals surface area contributed by atoms with Crippen molar-refractivity contribution in [3.05, 3.63) is 76.2 Å². The van der Waals surface area contributed by atoms with Crippen LogP contribution in [0.1, 0.15) is 53.2 Å². The Balaban J connectivity index is 1.70. The van der Waals surface area contributed by atoms with E-state index in [2.05, 4.69) is 75.4 Å². The van der Waals surface area contributed by atoms with E-state index in [1.54, 1.807) is 0 Å². The molecule has 6 rings (SSSR count). The first-order valence-corrected chi connectivity index (χ1v) is 12.2. The highest BCUT2D eigenvalue weighted by atomic mass is 32.1. The minimum Gasteiger partial charge on any atom is -0.248 e. The number of thiophene rings is 1. The van der Waals surface area contributed by atoms with Crippen LogP contribution in [0, 0.1) is 20.8 Å². The smallest absolute Gasteiger partial charge is 0.0727 e. The molecule has 1 aliphatic carbocycles. The molecule has 0 N–H and O–H groups in total. The standard InChI is InChI=1S/C29H27NS/c1-17-12-18(2)28-23(20-8-4-5-9-20)16-26(30-27(28)13-17)25-15-21-10-6-7-11-22(21)24-14-19(3)31-29(24)25/h6-7,10-16,20H,4-5,8-9H2,1-3H3. The molecule has 2 heteroatoms. The Morgan fingerprint density at radius 2 is 1.68 bits per heavy atom. The van der Waals surface area contributed by atoms with Gasteiger partial charge in [-0.15, -0.1) is 11.3 Å². The van der Waals surface area contributed by atoms with Gasteiger partial charge in [0.25, 0.3) is 0 Å². The van der Waals surface area contributed by atoms with Crippen LogP contribution in [0.15, 0.2) is 54.6 Å². The Kier molecular flexibility index (Phi) is 4.40. The second kappa shape index (κ2) is 7.17. The van der Waals surface area contributed by atoms with Gasteiger partial charge in [0.05, 0.1) is 11.2 Å². The van der Waals surface area contributed by atoms with Gasteiger partial charge in [0, 0.05) is 25.9 Å². The van der Waals surface area contributed by atoms with Crippen LogP contribution in [0.5, 0.6) is 0 Å². The van der Waals surface area contributed by atoms with E-state index < -0.39 is 0 Å². The molecule has 0 saturated heterocycles. The Morgan fingerprint density at radius 1 is 0.871 bits per heavy atom. The van der Waals surface area contributed by atoms with Crippen molar-refractivity contribution < 1.29 is 0 Å². The number of fused-ring (bicyclic) bond motifs is 4. The lowest BCUT2D eigenvalue weighted by Gasteiger charge is -2.18. The summed E-state index contributed by atoms with van der Waals surface area (Å²) in [5.41, 5.74) is 7.76. The Morgan fingerprint density at radius 3 is 2.52 bits per heavy atom. The molecule has 2 heterocycles. The molecule has 0 aliphatic heterocycles. The molecule has 3 aromatic carbocycles. The summed E-state index contributed by atoms with van der Waals surface area (Å²) in [6.07, 6.45) is 5.30. The highest BCUT2D eigenvalue weighted by Crippen LogP contribution is 2.43. The molecule has 0 bridgehead atoms. The summed E-state index contributed by atoms with van der Waals surface area (Å²) < 4.78 is 1.37. The van der Waals surface area contributed by atoms with Gasteiger partial charge in [0.1, 0.15) is 0 Å². The average molecular weight is 422 g/mol. The number of hydrogen-bond donors (Lipinski definition) is 0. The maximum atomic E-state index is 5.27. The van der Waals surface area contributed by atoms with E-state index >= 15 is 0 Å². The summed E-state index contributed by atoms with van der Waals surface area (Å²) in [6.45, 7) is 6.66. The summed E-state index contributed by atoms with van der Waals surface area (Å²) in [6, 6.07) is 20.5. The molecule has 5 aromatic rings. The van der Waals surface area contributed by atoms with Gasteiger partial charge in [-0.05, 0) is 91.3 Å². The van der Waals surface area contributed by atoms with Crippen LogP contribution in [0.2, 0.25) is 0 Å². The van der Waals surface area contributed by atoms with Gasteiger partial charge in [-0.1, -0.05) is 43.2 Å². The maximum Gasteiger partial charge on any atom is 0.0727 e. The van der Waals surface area contributed by atoms with E-state index in [1.807, 2.05) is 11.3 Å². The molecule has 154 valence electrons. The summed E-state index contributed by atoms with van der Waals surface area (Å²) in [4.78, 5) is 6.63. The number of pyridine rings is 1. The van der Waals surface area contributed by atoms with Crippen molar-refractivity contribution in [3.63, 3.8) is 0 Å². The van der Waals surface area contributed by atoms with Crippen LogP contribution in [0.3, 0.4) is 0 Å². The van der Waals surface area contributed by atoms with Crippen LogP contribution in [-0.4, -0.2) is 4.98 Å². The van der Waals surface area contributed by atoms with E-state index in [9.17, 15) is 0 Å². The topological polar surface area (TPSA) is 12.9 Å². The van der Waals surface area contributed by atoms with Crippen LogP contribution in [0.4, 0.5) is 0 Å². The van der Waals surface area contributed by atoms with E-state index in [0.29, 0.717) is 5.92 Å². The number of nitrogens with zero attached hydrogens (tertiary/aromatic N) is 1. The zero-order valence-electron chi connectivity index (χ0n) is 18.5. The van der Waals surface area contributed by atoms with Crippen molar-refractivity contribution in [1.82, 2.24) is 4.98 Å². The second-order valence-corrected chi connectivity index (χ2v) is 10.6. The van der Waals surface area contributed by atoms with Crippen LogP contribution >= 0.6 is 11.3 Å². The van der Waals surface area contributed by atoms with Crippen molar-refractivity contribution in [2.45, 2.75) is 52.4 Å². The molecule has 0 amide bonds. The predicted octanol–water partition coefficient (Wildman–Crippen LogP) is 8.85. The lowest BCUT2D eigenvalue weighted by molar-refractivity contribution is 0.728. The van der Waals surface area contributed by atoms with Crippen LogP contribution in [-0.2, 0) is 0 Å². The Labute approximate surface area is 187 Å². The first-order valence-electron chi connectivity index (χ1n) is 11.4. The van der Waals surface area contributed by atoms with E-state index in [-0.39, 0.29) is 0 Å². The first-order chi connectivity index (χ1) is 15.1. The Hall–Kier alpha value is -2.71. The molecule has 31 heavy (non-hydrogen) atoms.